The Labute approximate surface area is 124 Å². The van der Waals surface area contributed by atoms with Crippen molar-refractivity contribution in [1.29, 1.82) is 0 Å². The van der Waals surface area contributed by atoms with Crippen LogP contribution in [0, 0.1) is 0 Å². The fourth-order valence-corrected chi connectivity index (χ4v) is 2.61. The summed E-state index contributed by atoms with van der Waals surface area (Å²) in [7, 11) is 0. The Kier molecular flexibility index (Phi) is 4.89. The number of piperidine rings is 1. The van der Waals surface area contributed by atoms with E-state index in [9.17, 15) is 4.79 Å². The lowest BCUT2D eigenvalue weighted by atomic mass is 10.0. The predicted molar refractivity (Wildman–Crippen MR) is 80.5 cm³/mol. The second kappa shape index (κ2) is 6.44. The molecule has 2 rings (SSSR count). The molecule has 19 heavy (non-hydrogen) atoms. The molecule has 1 saturated heterocycles. The third-order valence-electron chi connectivity index (χ3n) is 3.45. The van der Waals surface area contributed by atoms with E-state index in [1.807, 2.05) is 11.0 Å². The summed E-state index contributed by atoms with van der Waals surface area (Å²) >= 11 is 11.8. The monoisotopic (exact) mass is 297 g/mol. The summed E-state index contributed by atoms with van der Waals surface area (Å²) in [5, 5.41) is 1.03. The largest absolute Gasteiger partial charge is 0.336 e. The molecule has 0 saturated carbocycles. The minimum absolute atomic E-state index is 0.0678. The van der Waals surface area contributed by atoms with E-state index >= 15 is 0 Å². The van der Waals surface area contributed by atoms with Crippen LogP contribution in [0.3, 0.4) is 0 Å². The molecule has 1 fully saturated rings. The van der Waals surface area contributed by atoms with Crippen molar-refractivity contribution in [3.05, 3.63) is 39.9 Å². The molecule has 1 amide bonds. The van der Waals surface area contributed by atoms with Gasteiger partial charge in [-0.15, -0.1) is 0 Å². The van der Waals surface area contributed by atoms with E-state index in [0.29, 0.717) is 16.1 Å². The number of hydrogen-bond acceptors (Lipinski definition) is 1. The Morgan fingerprint density at radius 1 is 1.32 bits per heavy atom. The Morgan fingerprint density at radius 3 is 2.79 bits per heavy atom. The first-order valence-corrected chi connectivity index (χ1v) is 7.27. The maximum atomic E-state index is 12.1. The van der Waals surface area contributed by atoms with E-state index in [-0.39, 0.29) is 5.91 Å². The van der Waals surface area contributed by atoms with Gasteiger partial charge in [0.15, 0.2) is 0 Å². The number of nitrogens with zero attached hydrogens (tertiary/aromatic N) is 1. The van der Waals surface area contributed by atoms with Crippen molar-refractivity contribution in [3.8, 4) is 0 Å². The van der Waals surface area contributed by atoms with Crippen LogP contribution in [0.2, 0.25) is 10.0 Å². The molecule has 102 valence electrons. The topological polar surface area (TPSA) is 20.3 Å². The number of rotatable bonds is 2. The summed E-state index contributed by atoms with van der Waals surface area (Å²) in [5.74, 6) is 0.0678. The molecule has 1 aromatic rings. The summed E-state index contributed by atoms with van der Waals surface area (Å²) in [6, 6.07) is 5.67. The third kappa shape index (κ3) is 3.74. The summed E-state index contributed by atoms with van der Waals surface area (Å²) < 4.78 is 0. The van der Waals surface area contributed by atoms with Crippen LogP contribution in [0.5, 0.6) is 0 Å². The lowest BCUT2D eigenvalue weighted by Gasteiger charge is -2.32. The fraction of sp³-hybridized carbons (Fsp3) is 0.400. The molecule has 4 heteroatoms. The van der Waals surface area contributed by atoms with Gasteiger partial charge in [0.1, 0.15) is 0 Å². The molecule has 1 unspecified atom stereocenters. The van der Waals surface area contributed by atoms with Crippen LogP contribution in [0.1, 0.15) is 31.7 Å². The van der Waals surface area contributed by atoms with Crippen molar-refractivity contribution in [3.63, 3.8) is 0 Å². The van der Waals surface area contributed by atoms with Crippen LogP contribution < -0.4 is 0 Å². The zero-order valence-electron chi connectivity index (χ0n) is 10.9. The molecule has 1 heterocycles. The summed E-state index contributed by atoms with van der Waals surface area (Å²) in [5.41, 5.74) is 0.882. The molecule has 1 aliphatic rings. The first-order valence-electron chi connectivity index (χ1n) is 6.51. The number of carbonyl (C=O) groups excluding carboxylic acids is 1. The van der Waals surface area contributed by atoms with E-state index in [4.69, 9.17) is 23.2 Å². The van der Waals surface area contributed by atoms with Crippen LogP contribution >= 0.6 is 23.2 Å². The zero-order chi connectivity index (χ0) is 13.8. The van der Waals surface area contributed by atoms with Crippen LogP contribution in [0.15, 0.2) is 24.3 Å². The molecule has 1 aliphatic heterocycles. The smallest absolute Gasteiger partial charge is 0.246 e. The average molecular weight is 298 g/mol. The lowest BCUT2D eigenvalue weighted by Crippen LogP contribution is -2.41. The van der Waals surface area contributed by atoms with Crippen molar-refractivity contribution in [2.75, 3.05) is 6.54 Å². The Bertz CT molecular complexity index is 499. The Hall–Kier alpha value is -0.990. The van der Waals surface area contributed by atoms with Crippen molar-refractivity contribution >= 4 is 35.2 Å². The molecule has 0 aliphatic carbocycles. The van der Waals surface area contributed by atoms with Gasteiger partial charge in [-0.2, -0.15) is 0 Å². The molecular formula is C15H17Cl2NO. The van der Waals surface area contributed by atoms with Gasteiger partial charge in [0.25, 0.3) is 0 Å². The predicted octanol–water partition coefficient (Wildman–Crippen LogP) is 4.41. The first kappa shape index (κ1) is 14.4. The van der Waals surface area contributed by atoms with Crippen LogP contribution in [-0.4, -0.2) is 23.4 Å². The van der Waals surface area contributed by atoms with Gasteiger partial charge < -0.3 is 4.90 Å². The molecule has 1 atom stereocenters. The lowest BCUT2D eigenvalue weighted by molar-refractivity contribution is -0.129. The molecule has 2 nitrogen and oxygen atoms in total. The number of likely N-dealkylation sites (tertiary alicyclic amines) is 1. The minimum Gasteiger partial charge on any atom is -0.336 e. The highest BCUT2D eigenvalue weighted by Crippen LogP contribution is 2.23. The zero-order valence-corrected chi connectivity index (χ0v) is 12.4. The molecule has 0 aromatic heterocycles. The molecule has 1 aromatic carbocycles. The summed E-state index contributed by atoms with van der Waals surface area (Å²) in [6.45, 7) is 2.95. The summed E-state index contributed by atoms with van der Waals surface area (Å²) in [4.78, 5) is 14.0. The standard InChI is InChI=1S/C15H17Cl2NO/c1-11-4-2-3-9-18(11)15(19)8-6-12-5-7-13(16)14(17)10-12/h5-8,10-11H,2-4,9H2,1H3/b8-6+. The van der Waals surface area contributed by atoms with Crippen molar-refractivity contribution in [2.45, 2.75) is 32.2 Å². The normalized spacial score (nSPS) is 19.9. The van der Waals surface area contributed by atoms with Crippen molar-refractivity contribution in [2.24, 2.45) is 0 Å². The van der Waals surface area contributed by atoms with E-state index < -0.39 is 0 Å². The van der Waals surface area contributed by atoms with Gasteiger partial charge in [0, 0.05) is 18.7 Å². The van der Waals surface area contributed by atoms with Crippen molar-refractivity contribution < 1.29 is 4.79 Å². The van der Waals surface area contributed by atoms with E-state index in [2.05, 4.69) is 6.92 Å². The van der Waals surface area contributed by atoms with Gasteiger partial charge >= 0.3 is 0 Å². The number of hydrogen-bond donors (Lipinski definition) is 0. The highest BCUT2D eigenvalue weighted by Gasteiger charge is 2.21. The fourth-order valence-electron chi connectivity index (χ4n) is 2.30. The SMILES string of the molecule is CC1CCCCN1C(=O)/C=C/c1ccc(Cl)c(Cl)c1. The maximum absolute atomic E-state index is 12.1. The quantitative estimate of drug-likeness (QED) is 0.741. The van der Waals surface area contributed by atoms with Gasteiger partial charge in [0.2, 0.25) is 5.91 Å². The van der Waals surface area contributed by atoms with Gasteiger partial charge in [-0.1, -0.05) is 29.3 Å². The molecule has 0 spiro atoms. The summed E-state index contributed by atoms with van der Waals surface area (Å²) in [6.07, 6.45) is 6.79. The van der Waals surface area contributed by atoms with Crippen LogP contribution in [0.4, 0.5) is 0 Å². The number of amides is 1. The Morgan fingerprint density at radius 2 is 2.11 bits per heavy atom. The maximum Gasteiger partial charge on any atom is 0.246 e. The second-order valence-electron chi connectivity index (χ2n) is 4.88. The number of halogens is 2. The Balaban J connectivity index is 2.04. The second-order valence-corrected chi connectivity index (χ2v) is 5.70. The highest BCUT2D eigenvalue weighted by molar-refractivity contribution is 6.42. The van der Waals surface area contributed by atoms with Crippen molar-refractivity contribution in [1.82, 2.24) is 4.90 Å². The first-order chi connectivity index (χ1) is 9.08. The molecule has 0 N–H and O–H groups in total. The number of benzene rings is 1. The molecule has 0 bridgehead atoms. The number of carbonyl (C=O) groups is 1. The van der Waals surface area contributed by atoms with Gasteiger partial charge in [0.05, 0.1) is 10.0 Å². The van der Waals surface area contributed by atoms with Crippen LogP contribution in [-0.2, 0) is 4.79 Å². The van der Waals surface area contributed by atoms with E-state index in [1.165, 1.54) is 6.42 Å². The van der Waals surface area contributed by atoms with Crippen LogP contribution in [0.25, 0.3) is 6.08 Å². The molecular weight excluding hydrogens is 281 g/mol. The minimum atomic E-state index is 0.0678. The van der Waals surface area contributed by atoms with Gasteiger partial charge in [-0.25, -0.2) is 0 Å². The highest BCUT2D eigenvalue weighted by atomic mass is 35.5. The van der Waals surface area contributed by atoms with Gasteiger partial charge in [-0.05, 0) is 50.0 Å². The average Bonchev–Trinajstić information content (AvgIpc) is 2.40. The third-order valence-corrected chi connectivity index (χ3v) is 4.19. The molecule has 0 radical (unpaired) electrons. The van der Waals surface area contributed by atoms with E-state index in [1.54, 1.807) is 24.3 Å². The van der Waals surface area contributed by atoms with E-state index in [0.717, 1.165) is 24.9 Å². The van der Waals surface area contributed by atoms with Gasteiger partial charge in [-0.3, -0.25) is 4.79 Å².